The minimum atomic E-state index is -1.07. The van der Waals surface area contributed by atoms with Gasteiger partial charge in [-0.3, -0.25) is 28.9 Å². The molecule has 4 saturated heterocycles. The summed E-state index contributed by atoms with van der Waals surface area (Å²) in [6, 6.07) is 29.9. The first-order valence-electron chi connectivity index (χ1n) is 40.6. The van der Waals surface area contributed by atoms with Gasteiger partial charge in [-0.1, -0.05) is 74.5 Å². The molecule has 2 aliphatic carbocycles. The number of pyridine rings is 2. The summed E-state index contributed by atoms with van der Waals surface area (Å²) in [4.78, 5) is 91.8. The predicted octanol–water partition coefficient (Wildman–Crippen LogP) is 11.4. The molecule has 5 amide bonds. The lowest BCUT2D eigenvalue weighted by Crippen LogP contribution is -2.53. The van der Waals surface area contributed by atoms with Gasteiger partial charge in [0, 0.05) is 164 Å². The number of aldehydes is 1. The number of fused-ring (bicyclic) bond motifs is 2. The second kappa shape index (κ2) is 36.9. The third-order valence-corrected chi connectivity index (χ3v) is 22.5. The van der Waals surface area contributed by atoms with Gasteiger partial charge >= 0.3 is 6.09 Å². The van der Waals surface area contributed by atoms with E-state index in [0.29, 0.717) is 83.0 Å². The Labute approximate surface area is 659 Å². The van der Waals surface area contributed by atoms with Crippen LogP contribution in [0.25, 0.3) is 44.3 Å². The molecule has 2 atom stereocenters. The van der Waals surface area contributed by atoms with E-state index in [2.05, 4.69) is 135 Å². The molecule has 0 unspecified atom stereocenters. The molecule has 6 aliphatic rings. The number of aryl methyl sites for hydroxylation is 6. The van der Waals surface area contributed by atoms with Gasteiger partial charge in [-0.2, -0.15) is 10.2 Å². The lowest BCUT2D eigenvalue weighted by Gasteiger charge is -2.35. The smallest absolute Gasteiger partial charge is 0.410 e. The van der Waals surface area contributed by atoms with Crippen LogP contribution in [0, 0.1) is 24.7 Å². The van der Waals surface area contributed by atoms with Gasteiger partial charge in [0.1, 0.15) is 22.7 Å². The molecular formula is C87H116N16O9. The number of ether oxygens (including phenoxy) is 3. The summed E-state index contributed by atoms with van der Waals surface area (Å²) in [6.07, 6.45) is 11.5. The Hall–Kier alpha value is -9.66. The van der Waals surface area contributed by atoms with Crippen molar-refractivity contribution in [3.63, 3.8) is 0 Å². The molecule has 8 N–H and O–H groups in total. The van der Waals surface area contributed by atoms with Gasteiger partial charge in [0.25, 0.3) is 0 Å². The molecular weight excluding hydrogens is 1410 g/mol. The van der Waals surface area contributed by atoms with E-state index in [1.165, 1.54) is 16.7 Å². The van der Waals surface area contributed by atoms with Crippen molar-refractivity contribution in [1.29, 1.82) is 0 Å². The first-order chi connectivity index (χ1) is 54.0. The third-order valence-electron chi connectivity index (χ3n) is 22.5. The summed E-state index contributed by atoms with van der Waals surface area (Å²) in [7, 11) is 0. The van der Waals surface area contributed by atoms with Crippen molar-refractivity contribution in [2.45, 2.75) is 216 Å². The van der Waals surface area contributed by atoms with Crippen molar-refractivity contribution >= 4 is 69.4 Å². The highest BCUT2D eigenvalue weighted by atomic mass is 16.6. The number of anilines is 2. The van der Waals surface area contributed by atoms with Crippen LogP contribution in [0.2, 0.25) is 0 Å². The molecule has 25 nitrogen and oxygen atoms in total. The van der Waals surface area contributed by atoms with Gasteiger partial charge in [-0.15, -0.1) is 0 Å². The maximum absolute atomic E-state index is 13.8. The zero-order valence-corrected chi connectivity index (χ0v) is 67.5. The maximum Gasteiger partial charge on any atom is 0.410 e. The van der Waals surface area contributed by atoms with E-state index in [4.69, 9.17) is 24.2 Å². The monoisotopic (exact) mass is 1530 g/mol. The number of hydrogen-bond donors (Lipinski definition) is 8. The first kappa shape index (κ1) is 81.8. The standard InChI is InChI=1S/C41H54N8O3.C36H42N6O4.C10H20N2O2/c1-5-36-34(37(46-32-12-18-52-19-13-32)35-24-45-49(6-2)38(35)47-36)23-44-40(51)41(14-15-41)39(50)43-22-29-11-10-27(3)33(21-29)31-9-7-8-30(20-31)26-48-17-16-42-28(4)25-48;1-4-31-29(32(40-27-11-15-46-16-12-27)30-21-39-42(5-2)33(30)41-31)20-38-35(45)36(13-14-36)34(44)37-19-24-10-9-23(3)28(18-24)26-8-6-7-25(17-26)22-43;1-8-7-11-5-6-12(8)9(13)14-10(2,3)4/h7-11,20-21,24,28,32,42H,5-6,12-19,22-23,25-26H2,1-4H3,(H,43,50)(H,44,51)(H,46,47);6-10,17-18,21-22,27H,4-5,11-16,19-20H2,1-3H3,(H,37,44)(H,38,45)(H,40,41);8,11H,5-7H2,1-4H3/t28-;;8-/m1.1/s1. The number of rotatable bonds is 25. The van der Waals surface area contributed by atoms with Crippen molar-refractivity contribution in [1.82, 2.24) is 71.2 Å². The molecule has 112 heavy (non-hydrogen) atoms. The van der Waals surface area contributed by atoms with Crippen LogP contribution in [0.4, 0.5) is 16.2 Å². The van der Waals surface area contributed by atoms with Crippen LogP contribution < -0.4 is 42.5 Å². The predicted molar refractivity (Wildman–Crippen MR) is 437 cm³/mol. The van der Waals surface area contributed by atoms with Gasteiger partial charge < -0.3 is 61.6 Å². The molecule has 0 bridgehead atoms. The van der Waals surface area contributed by atoms with Crippen LogP contribution in [0.15, 0.2) is 97.3 Å². The number of carbonyl (C=O) groups is 6. The summed E-state index contributed by atoms with van der Waals surface area (Å²) < 4.78 is 20.3. The molecule has 8 aromatic rings. The van der Waals surface area contributed by atoms with Gasteiger partial charge in [0.2, 0.25) is 23.6 Å². The first-order valence-corrected chi connectivity index (χ1v) is 40.6. The summed E-state index contributed by atoms with van der Waals surface area (Å²) in [5.74, 6) is -0.963. The van der Waals surface area contributed by atoms with E-state index in [1.807, 2.05) is 99.7 Å². The van der Waals surface area contributed by atoms with E-state index in [9.17, 15) is 28.8 Å². The fourth-order valence-electron chi connectivity index (χ4n) is 15.6. The zero-order valence-electron chi connectivity index (χ0n) is 67.5. The summed E-state index contributed by atoms with van der Waals surface area (Å²) in [5.41, 5.74) is 15.2. The molecule has 14 rings (SSSR count). The fraction of sp³-hybridized carbons (Fsp3) is 0.517. The number of nitrogens with zero attached hydrogens (tertiary/aromatic N) is 8. The van der Waals surface area contributed by atoms with Crippen LogP contribution >= 0.6 is 0 Å². The van der Waals surface area contributed by atoms with Gasteiger partial charge in [0.05, 0.1) is 34.5 Å². The Kier molecular flexibility index (Phi) is 26.9. The molecule has 4 aromatic heterocycles. The van der Waals surface area contributed by atoms with Crippen molar-refractivity contribution < 1.29 is 43.0 Å². The summed E-state index contributed by atoms with van der Waals surface area (Å²) in [6.45, 7) is 34.3. The average molecular weight is 1530 g/mol. The minimum Gasteiger partial charge on any atom is -0.444 e. The Morgan fingerprint density at radius 1 is 0.598 bits per heavy atom. The van der Waals surface area contributed by atoms with Crippen LogP contribution in [-0.2, 0) is 92.0 Å². The van der Waals surface area contributed by atoms with E-state index in [-0.39, 0.29) is 60.9 Å². The van der Waals surface area contributed by atoms with E-state index in [1.54, 1.807) is 11.0 Å². The number of hydrogen-bond acceptors (Lipinski definition) is 18. The van der Waals surface area contributed by atoms with Crippen LogP contribution in [-0.4, -0.2) is 171 Å². The van der Waals surface area contributed by atoms with Crippen molar-refractivity contribution in [2.24, 2.45) is 10.8 Å². The second-order valence-electron chi connectivity index (χ2n) is 31.9. The van der Waals surface area contributed by atoms with Gasteiger partial charge in [-0.25, -0.2) is 24.1 Å². The maximum atomic E-state index is 13.8. The minimum absolute atomic E-state index is 0.202. The SMILES string of the molecule is CCc1nc2c(cnn2CC)c(NC2CCOCC2)c1CNC(=O)C1(C(=O)NCc2ccc(C)c(-c3cccc(C=O)c3)c2)CC1.CCc1nc2c(cnn2CC)c(NC2CCOCC2)c1CNC(=O)C1(C(=O)NCc2ccc(C)c(-c3cccc(CN4CCN[C@H](C)C4)c3)c2)CC1.C[C@@H]1CNCCN1C(=O)OC(C)(C)C. The van der Waals surface area contributed by atoms with Crippen molar-refractivity contribution in [3.05, 3.63) is 153 Å². The van der Waals surface area contributed by atoms with E-state index in [0.717, 1.165) is 187 Å². The molecule has 2 saturated carbocycles. The number of nitrogens with one attached hydrogen (secondary N) is 8. The van der Waals surface area contributed by atoms with Crippen molar-refractivity contribution in [2.75, 3.05) is 76.3 Å². The number of amides is 5. The van der Waals surface area contributed by atoms with Crippen LogP contribution in [0.3, 0.4) is 0 Å². The van der Waals surface area contributed by atoms with Gasteiger partial charge in [0.15, 0.2) is 11.3 Å². The second-order valence-corrected chi connectivity index (χ2v) is 31.9. The molecule has 0 spiro atoms. The molecule has 6 fully saturated rings. The quantitative estimate of drug-likeness (QED) is 0.0195. The van der Waals surface area contributed by atoms with Crippen LogP contribution in [0.5, 0.6) is 0 Å². The summed E-state index contributed by atoms with van der Waals surface area (Å²) >= 11 is 0. The Morgan fingerprint density at radius 2 is 1.08 bits per heavy atom. The highest BCUT2D eigenvalue weighted by molar-refractivity contribution is 6.09. The molecule has 8 heterocycles. The van der Waals surface area contributed by atoms with E-state index >= 15 is 0 Å². The lowest BCUT2D eigenvalue weighted by molar-refractivity contribution is -0.138. The average Bonchev–Trinajstić information content (AvgIpc) is 1.66. The summed E-state index contributed by atoms with van der Waals surface area (Å²) in [5, 5.41) is 37.7. The van der Waals surface area contributed by atoms with Crippen LogP contribution in [0.1, 0.15) is 174 Å². The topological polar surface area (TPSA) is 294 Å². The Morgan fingerprint density at radius 3 is 1.53 bits per heavy atom. The molecule has 598 valence electrons. The number of aromatic nitrogens is 6. The van der Waals surface area contributed by atoms with E-state index < -0.39 is 16.4 Å². The highest BCUT2D eigenvalue weighted by Gasteiger charge is 2.57. The number of piperazine rings is 2. The number of benzene rings is 4. The highest BCUT2D eigenvalue weighted by Crippen LogP contribution is 2.48. The zero-order chi connectivity index (χ0) is 79.3. The molecule has 25 heteroatoms. The third kappa shape index (κ3) is 19.7. The largest absolute Gasteiger partial charge is 0.444 e. The lowest BCUT2D eigenvalue weighted by atomic mass is 9.96. The molecule has 0 radical (unpaired) electrons. The Bertz CT molecular complexity index is 4660. The van der Waals surface area contributed by atoms with Gasteiger partial charge in [-0.05, 0) is 201 Å². The van der Waals surface area contributed by atoms with Crippen molar-refractivity contribution in [3.8, 4) is 22.3 Å². The molecule has 4 aromatic carbocycles. The number of carbonyl (C=O) groups excluding carboxylic acids is 6. The molecule has 4 aliphatic heterocycles. The fourth-order valence-corrected chi connectivity index (χ4v) is 15.6. The Balaban J connectivity index is 0.000000178. The normalized spacial score (nSPS) is 18.3.